The Morgan fingerprint density at radius 1 is 0.857 bits per heavy atom. The summed E-state index contributed by atoms with van der Waals surface area (Å²) in [4.78, 5) is 25.1. The second kappa shape index (κ2) is 9.27. The van der Waals surface area contributed by atoms with Gasteiger partial charge in [-0.15, -0.1) is 0 Å². The molecule has 144 valence electrons. The second-order valence-electron chi connectivity index (χ2n) is 6.09. The van der Waals surface area contributed by atoms with Crippen LogP contribution < -0.4 is 16.0 Å². The summed E-state index contributed by atoms with van der Waals surface area (Å²) >= 11 is 0. The highest BCUT2D eigenvalue weighted by molar-refractivity contribution is 6.18. The highest BCUT2D eigenvalue weighted by Gasteiger charge is 2.18. The second-order valence-corrected chi connectivity index (χ2v) is 6.09. The lowest BCUT2D eigenvalue weighted by Crippen LogP contribution is -2.34. The van der Waals surface area contributed by atoms with Crippen molar-refractivity contribution in [1.29, 1.82) is 0 Å². The van der Waals surface area contributed by atoms with Gasteiger partial charge in [-0.3, -0.25) is 9.59 Å². The van der Waals surface area contributed by atoms with E-state index in [1.165, 1.54) is 18.7 Å². The summed E-state index contributed by atoms with van der Waals surface area (Å²) in [6.07, 6.45) is 4.43. The first kappa shape index (κ1) is 19.0. The SMILES string of the molecule is Cc1ccc(NC=C(C(=O)NCc2ccco2)C(=O)NCc2ccco2)cc1. The standard InChI is InChI=1S/C21H21N3O4/c1-15-6-8-16(9-7-15)22-14-19(20(25)23-12-17-4-2-10-27-17)21(26)24-13-18-5-3-11-28-18/h2-11,14,22H,12-13H2,1H3,(H,23,25)(H,24,26). The van der Waals surface area contributed by atoms with Crippen LogP contribution in [0.3, 0.4) is 0 Å². The summed E-state index contributed by atoms with van der Waals surface area (Å²) in [6, 6.07) is 14.5. The van der Waals surface area contributed by atoms with Crippen molar-refractivity contribution >= 4 is 17.5 Å². The number of carbonyl (C=O) groups is 2. The van der Waals surface area contributed by atoms with Gasteiger partial charge < -0.3 is 24.8 Å². The summed E-state index contributed by atoms with van der Waals surface area (Å²) in [5.74, 6) is 0.145. The molecule has 0 aliphatic carbocycles. The third-order valence-electron chi connectivity index (χ3n) is 3.93. The van der Waals surface area contributed by atoms with Crippen LogP contribution in [0.5, 0.6) is 0 Å². The van der Waals surface area contributed by atoms with Crippen LogP contribution in [0.1, 0.15) is 17.1 Å². The molecule has 0 spiro atoms. The molecule has 3 rings (SSSR count). The van der Waals surface area contributed by atoms with Gasteiger partial charge in [-0.05, 0) is 43.3 Å². The van der Waals surface area contributed by atoms with Gasteiger partial charge in [-0.1, -0.05) is 17.7 Å². The summed E-state index contributed by atoms with van der Waals surface area (Å²) in [6.45, 7) is 2.34. The van der Waals surface area contributed by atoms with Gasteiger partial charge in [0.05, 0.1) is 25.6 Å². The van der Waals surface area contributed by atoms with Gasteiger partial charge in [0, 0.05) is 11.9 Å². The van der Waals surface area contributed by atoms with E-state index in [0.717, 1.165) is 11.3 Å². The number of aryl methyl sites for hydroxylation is 1. The van der Waals surface area contributed by atoms with Gasteiger partial charge in [0.2, 0.25) is 0 Å². The molecule has 0 saturated heterocycles. The number of rotatable bonds is 8. The molecule has 3 aromatic rings. The number of carbonyl (C=O) groups excluding carboxylic acids is 2. The molecule has 0 radical (unpaired) electrons. The summed E-state index contributed by atoms with van der Waals surface area (Å²) in [7, 11) is 0. The van der Waals surface area contributed by atoms with Crippen LogP contribution in [-0.2, 0) is 22.7 Å². The molecule has 0 fully saturated rings. The number of anilines is 1. The lowest BCUT2D eigenvalue weighted by atomic mass is 10.2. The topological polar surface area (TPSA) is 96.5 Å². The number of amides is 2. The fraction of sp³-hybridized carbons (Fsp3) is 0.143. The van der Waals surface area contributed by atoms with Crippen molar-refractivity contribution in [2.24, 2.45) is 0 Å². The van der Waals surface area contributed by atoms with Gasteiger partial charge in [-0.2, -0.15) is 0 Å². The van der Waals surface area contributed by atoms with Crippen molar-refractivity contribution in [3.8, 4) is 0 Å². The number of hydrogen-bond acceptors (Lipinski definition) is 5. The third-order valence-corrected chi connectivity index (χ3v) is 3.93. The zero-order valence-electron chi connectivity index (χ0n) is 15.4. The van der Waals surface area contributed by atoms with Gasteiger partial charge in [-0.25, -0.2) is 0 Å². The Morgan fingerprint density at radius 3 is 1.86 bits per heavy atom. The fourth-order valence-corrected chi connectivity index (χ4v) is 2.39. The molecular weight excluding hydrogens is 358 g/mol. The minimum atomic E-state index is -0.520. The predicted molar refractivity (Wildman–Crippen MR) is 104 cm³/mol. The van der Waals surface area contributed by atoms with Crippen LogP contribution in [0.4, 0.5) is 5.69 Å². The van der Waals surface area contributed by atoms with E-state index >= 15 is 0 Å². The Morgan fingerprint density at radius 2 is 1.39 bits per heavy atom. The molecule has 0 unspecified atom stereocenters. The maximum Gasteiger partial charge on any atom is 0.258 e. The van der Waals surface area contributed by atoms with Crippen LogP contribution in [0.15, 0.2) is 81.7 Å². The molecule has 0 aliphatic rings. The van der Waals surface area contributed by atoms with Crippen molar-refractivity contribution in [2.75, 3.05) is 5.32 Å². The normalized spacial score (nSPS) is 10.2. The molecule has 28 heavy (non-hydrogen) atoms. The lowest BCUT2D eigenvalue weighted by molar-refractivity contribution is -0.123. The first-order valence-corrected chi connectivity index (χ1v) is 8.76. The molecule has 1 aromatic carbocycles. The quantitative estimate of drug-likeness (QED) is 0.317. The smallest absolute Gasteiger partial charge is 0.258 e. The number of hydrogen-bond donors (Lipinski definition) is 3. The highest BCUT2D eigenvalue weighted by atomic mass is 16.3. The lowest BCUT2D eigenvalue weighted by Gasteiger charge is -2.10. The zero-order chi connectivity index (χ0) is 19.8. The number of furan rings is 2. The van der Waals surface area contributed by atoms with E-state index in [4.69, 9.17) is 8.83 Å². The first-order chi connectivity index (χ1) is 13.6. The Hall–Kier alpha value is -3.74. The zero-order valence-corrected chi connectivity index (χ0v) is 15.4. The number of nitrogens with one attached hydrogen (secondary N) is 3. The third kappa shape index (κ3) is 5.38. The van der Waals surface area contributed by atoms with Crippen LogP contribution >= 0.6 is 0 Å². The predicted octanol–water partition coefficient (Wildman–Crippen LogP) is 3.11. The monoisotopic (exact) mass is 379 g/mol. The summed E-state index contributed by atoms with van der Waals surface area (Å²) in [5, 5.41) is 8.35. The average molecular weight is 379 g/mol. The molecule has 2 amide bonds. The molecule has 0 aliphatic heterocycles. The largest absolute Gasteiger partial charge is 0.467 e. The Kier molecular flexibility index (Phi) is 6.30. The van der Waals surface area contributed by atoms with E-state index in [1.54, 1.807) is 24.3 Å². The van der Waals surface area contributed by atoms with E-state index in [2.05, 4.69) is 16.0 Å². The van der Waals surface area contributed by atoms with E-state index in [0.29, 0.717) is 11.5 Å². The maximum atomic E-state index is 12.6. The molecule has 0 saturated carbocycles. The van der Waals surface area contributed by atoms with Crippen molar-refractivity contribution in [1.82, 2.24) is 10.6 Å². The van der Waals surface area contributed by atoms with Crippen LogP contribution in [0.25, 0.3) is 0 Å². The van der Waals surface area contributed by atoms with Crippen molar-refractivity contribution in [2.45, 2.75) is 20.0 Å². The van der Waals surface area contributed by atoms with Crippen molar-refractivity contribution in [3.63, 3.8) is 0 Å². The summed E-state index contributed by atoms with van der Waals surface area (Å²) in [5.41, 5.74) is 1.82. The number of benzene rings is 1. The highest BCUT2D eigenvalue weighted by Crippen LogP contribution is 2.10. The van der Waals surface area contributed by atoms with E-state index < -0.39 is 11.8 Å². The minimum Gasteiger partial charge on any atom is -0.467 e. The molecular formula is C21H21N3O4. The molecule has 7 nitrogen and oxygen atoms in total. The van der Waals surface area contributed by atoms with Gasteiger partial charge in [0.25, 0.3) is 11.8 Å². The molecule has 0 atom stereocenters. The fourth-order valence-electron chi connectivity index (χ4n) is 2.39. The van der Waals surface area contributed by atoms with Crippen LogP contribution in [-0.4, -0.2) is 11.8 Å². The molecule has 0 bridgehead atoms. The minimum absolute atomic E-state index is 0.0568. The Labute approximate surface area is 162 Å². The van der Waals surface area contributed by atoms with E-state index in [9.17, 15) is 9.59 Å². The van der Waals surface area contributed by atoms with Crippen molar-refractivity contribution < 1.29 is 18.4 Å². The van der Waals surface area contributed by atoms with Crippen molar-refractivity contribution in [3.05, 3.63) is 89.9 Å². The molecule has 3 N–H and O–H groups in total. The van der Waals surface area contributed by atoms with E-state index in [-0.39, 0.29) is 18.7 Å². The van der Waals surface area contributed by atoms with Gasteiger partial charge in [0.1, 0.15) is 17.1 Å². The first-order valence-electron chi connectivity index (χ1n) is 8.76. The molecule has 2 heterocycles. The maximum absolute atomic E-state index is 12.6. The Balaban J connectivity index is 1.69. The summed E-state index contributed by atoms with van der Waals surface area (Å²) < 4.78 is 10.4. The Bertz CT molecular complexity index is 874. The van der Waals surface area contributed by atoms with E-state index in [1.807, 2.05) is 31.2 Å². The molecule has 7 heteroatoms. The van der Waals surface area contributed by atoms with Gasteiger partial charge >= 0.3 is 0 Å². The van der Waals surface area contributed by atoms with Crippen LogP contribution in [0, 0.1) is 6.92 Å². The van der Waals surface area contributed by atoms with Crippen LogP contribution in [0.2, 0.25) is 0 Å². The average Bonchev–Trinajstić information content (AvgIpc) is 3.40. The molecule has 2 aromatic heterocycles. The van der Waals surface area contributed by atoms with Gasteiger partial charge in [0.15, 0.2) is 0 Å².